The van der Waals surface area contributed by atoms with Crippen LogP contribution in [0.4, 0.5) is 11.8 Å². The number of piperidine rings is 1. The average molecular weight is 467 g/mol. The number of aromatic nitrogens is 5. The molecule has 11 heteroatoms. The van der Waals surface area contributed by atoms with Crippen LogP contribution < -0.4 is 20.3 Å². The molecule has 1 amide bonds. The lowest BCUT2D eigenvalue weighted by Gasteiger charge is -2.47. The van der Waals surface area contributed by atoms with Gasteiger partial charge in [-0.25, -0.2) is 15.0 Å². The molecule has 180 valence electrons. The van der Waals surface area contributed by atoms with Crippen molar-refractivity contribution in [3.05, 3.63) is 35.5 Å². The summed E-state index contributed by atoms with van der Waals surface area (Å²) in [5.74, 6) is 1.06. The predicted molar refractivity (Wildman–Crippen MR) is 126 cm³/mol. The molecule has 0 spiro atoms. The van der Waals surface area contributed by atoms with E-state index in [1.165, 1.54) is 6.20 Å². The summed E-state index contributed by atoms with van der Waals surface area (Å²) in [7, 11) is 0. The molecule has 2 aliphatic rings. The van der Waals surface area contributed by atoms with Crippen LogP contribution in [-0.2, 0) is 0 Å². The maximum Gasteiger partial charge on any atom is 0.263 e. The molecule has 0 saturated carbocycles. The van der Waals surface area contributed by atoms with Crippen molar-refractivity contribution in [2.24, 2.45) is 5.92 Å². The Morgan fingerprint density at radius 1 is 1.24 bits per heavy atom. The van der Waals surface area contributed by atoms with E-state index >= 15 is 0 Å². The van der Waals surface area contributed by atoms with Crippen molar-refractivity contribution < 1.29 is 14.6 Å². The maximum atomic E-state index is 13.1. The summed E-state index contributed by atoms with van der Waals surface area (Å²) in [6.07, 6.45) is 6.85. The number of imidazole rings is 1. The average Bonchev–Trinajstić information content (AvgIpc) is 3.18. The van der Waals surface area contributed by atoms with E-state index < -0.39 is 11.5 Å². The zero-order valence-electron chi connectivity index (χ0n) is 19.7. The number of nitrogens with zero attached hydrogens (tertiary/aromatic N) is 6. The van der Waals surface area contributed by atoms with Crippen molar-refractivity contribution >= 4 is 23.3 Å². The number of nitrogens with one attached hydrogen (secondary N) is 2. The normalized spacial score (nSPS) is 18.1. The van der Waals surface area contributed by atoms with Crippen molar-refractivity contribution in [1.29, 1.82) is 0 Å². The van der Waals surface area contributed by atoms with Gasteiger partial charge in [-0.15, -0.1) is 0 Å². The zero-order chi connectivity index (χ0) is 23.9. The Labute approximate surface area is 197 Å². The first kappa shape index (κ1) is 22.5. The van der Waals surface area contributed by atoms with Crippen LogP contribution in [0.5, 0.6) is 5.88 Å². The molecule has 0 aliphatic carbocycles. The minimum Gasteiger partial charge on any atom is -0.477 e. The van der Waals surface area contributed by atoms with Gasteiger partial charge in [-0.1, -0.05) is 0 Å². The third-order valence-electron chi connectivity index (χ3n) is 6.63. The minimum absolute atomic E-state index is 0.241. The predicted octanol–water partition coefficient (Wildman–Crippen LogP) is 1.34. The third-order valence-corrected chi connectivity index (χ3v) is 6.63. The number of amides is 1. The van der Waals surface area contributed by atoms with Crippen LogP contribution in [0.25, 0.3) is 5.65 Å². The molecule has 3 aromatic rings. The third kappa shape index (κ3) is 4.16. The molecule has 0 radical (unpaired) electrons. The van der Waals surface area contributed by atoms with Crippen LogP contribution in [-0.4, -0.2) is 73.7 Å². The number of ether oxygens (including phenoxy) is 1. The first-order valence-electron chi connectivity index (χ1n) is 11.7. The van der Waals surface area contributed by atoms with Crippen molar-refractivity contribution in [3.8, 4) is 5.88 Å². The van der Waals surface area contributed by atoms with E-state index in [1.807, 2.05) is 31.4 Å². The second-order valence-corrected chi connectivity index (χ2v) is 9.07. The number of hydrogen-bond acceptors (Lipinski definition) is 9. The fourth-order valence-electron chi connectivity index (χ4n) is 4.72. The van der Waals surface area contributed by atoms with E-state index in [0.717, 1.165) is 37.3 Å². The van der Waals surface area contributed by atoms with Crippen LogP contribution in [0.1, 0.15) is 41.5 Å². The topological polar surface area (TPSA) is 130 Å². The number of hydrogen-bond donors (Lipinski definition) is 3. The second kappa shape index (κ2) is 8.80. The first-order chi connectivity index (χ1) is 16.4. The Bertz CT molecular complexity index is 1210. The highest BCUT2D eigenvalue weighted by Gasteiger charge is 2.43. The highest BCUT2D eigenvalue weighted by atomic mass is 16.5. The number of aryl methyl sites for hydroxylation is 2. The number of fused-ring (bicyclic) bond motifs is 1. The summed E-state index contributed by atoms with van der Waals surface area (Å²) in [5, 5.41) is 16.6. The molecule has 3 N–H and O–H groups in total. The molecular formula is C23H30N8O3. The molecule has 0 atom stereocenters. The minimum atomic E-state index is -0.587. The summed E-state index contributed by atoms with van der Waals surface area (Å²) in [6.45, 7) is 8.80. The molecular weight excluding hydrogens is 436 g/mol. The monoisotopic (exact) mass is 466 g/mol. The van der Waals surface area contributed by atoms with Gasteiger partial charge in [0.25, 0.3) is 5.91 Å². The Balaban J connectivity index is 1.32. The molecule has 5 heterocycles. The fourth-order valence-corrected chi connectivity index (χ4v) is 4.72. The number of rotatable bonds is 6. The van der Waals surface area contributed by atoms with E-state index in [2.05, 4.69) is 35.5 Å². The number of β-amino-alcohol motifs (C(OH)–C–C–N with tert-alkyl or cyclic N) is 1. The Morgan fingerprint density at radius 2 is 2.00 bits per heavy atom. The summed E-state index contributed by atoms with van der Waals surface area (Å²) in [6, 6.07) is 0. The summed E-state index contributed by atoms with van der Waals surface area (Å²) >= 11 is 0. The summed E-state index contributed by atoms with van der Waals surface area (Å²) < 4.78 is 7.55. The van der Waals surface area contributed by atoms with Crippen LogP contribution >= 0.6 is 0 Å². The van der Waals surface area contributed by atoms with Gasteiger partial charge in [0.15, 0.2) is 5.65 Å². The SMILES string of the molecule is CCOc1nc(N2CCC(C3(O)CNC3)CC2)ncc1C(=O)Nc1cn2cc(C)nc2c(C)n1. The lowest BCUT2D eigenvalue weighted by atomic mass is 9.77. The number of anilines is 2. The van der Waals surface area contributed by atoms with Crippen molar-refractivity contribution in [1.82, 2.24) is 29.7 Å². The highest BCUT2D eigenvalue weighted by Crippen LogP contribution is 2.32. The molecule has 3 aromatic heterocycles. The highest BCUT2D eigenvalue weighted by molar-refractivity contribution is 6.05. The molecule has 2 aliphatic heterocycles. The van der Waals surface area contributed by atoms with Gasteiger partial charge in [-0.05, 0) is 39.5 Å². The van der Waals surface area contributed by atoms with Gasteiger partial charge in [0, 0.05) is 38.6 Å². The lowest BCUT2D eigenvalue weighted by molar-refractivity contribution is -0.0689. The molecule has 34 heavy (non-hydrogen) atoms. The van der Waals surface area contributed by atoms with Crippen molar-refractivity contribution in [3.63, 3.8) is 0 Å². The number of aliphatic hydroxyl groups is 1. The number of carbonyl (C=O) groups is 1. The molecule has 0 bridgehead atoms. The van der Waals surface area contributed by atoms with Crippen LogP contribution in [0, 0.1) is 19.8 Å². The van der Waals surface area contributed by atoms with Gasteiger partial charge in [0.2, 0.25) is 11.8 Å². The quantitative estimate of drug-likeness (QED) is 0.493. The molecule has 2 saturated heterocycles. The van der Waals surface area contributed by atoms with Gasteiger partial charge >= 0.3 is 0 Å². The standard InChI is InChI=1S/C23H30N8O3/c1-4-34-21-17(20(32)28-18-11-31-10-14(2)26-19(31)15(3)27-18)9-25-22(29-21)30-7-5-16(6-8-30)23(33)12-24-13-23/h9-11,16,24,33H,4-8,12-13H2,1-3H3,(H,28,32). The molecule has 5 rings (SSSR count). The fraction of sp³-hybridized carbons (Fsp3) is 0.522. The van der Waals surface area contributed by atoms with Gasteiger partial charge in [0.1, 0.15) is 11.4 Å². The van der Waals surface area contributed by atoms with Crippen molar-refractivity contribution in [2.75, 3.05) is 43.0 Å². The second-order valence-electron chi connectivity index (χ2n) is 9.07. The maximum absolute atomic E-state index is 13.1. The largest absolute Gasteiger partial charge is 0.477 e. The molecule has 0 unspecified atom stereocenters. The van der Waals surface area contributed by atoms with Gasteiger partial charge < -0.3 is 29.8 Å². The zero-order valence-corrected chi connectivity index (χ0v) is 19.7. The lowest BCUT2D eigenvalue weighted by Crippen LogP contribution is -2.65. The summed E-state index contributed by atoms with van der Waals surface area (Å²) in [4.78, 5) is 33.1. The van der Waals surface area contributed by atoms with Crippen LogP contribution in [0.2, 0.25) is 0 Å². The van der Waals surface area contributed by atoms with Crippen LogP contribution in [0.3, 0.4) is 0 Å². The van der Waals surface area contributed by atoms with Gasteiger partial charge in [-0.3, -0.25) is 4.79 Å². The van der Waals surface area contributed by atoms with E-state index in [-0.39, 0.29) is 17.4 Å². The van der Waals surface area contributed by atoms with E-state index in [0.29, 0.717) is 37.2 Å². The van der Waals surface area contributed by atoms with Crippen molar-refractivity contribution in [2.45, 2.75) is 39.2 Å². The Morgan fingerprint density at radius 3 is 2.68 bits per heavy atom. The van der Waals surface area contributed by atoms with E-state index in [1.54, 1.807) is 6.20 Å². The Kier molecular flexibility index (Phi) is 5.82. The first-order valence-corrected chi connectivity index (χ1v) is 11.7. The molecule has 0 aromatic carbocycles. The van der Waals surface area contributed by atoms with Gasteiger partial charge in [-0.2, -0.15) is 4.98 Å². The van der Waals surface area contributed by atoms with Crippen LogP contribution in [0.15, 0.2) is 18.6 Å². The summed E-state index contributed by atoms with van der Waals surface area (Å²) in [5.41, 5.74) is 2.00. The van der Waals surface area contributed by atoms with Gasteiger partial charge in [0.05, 0.1) is 29.8 Å². The van der Waals surface area contributed by atoms with E-state index in [4.69, 9.17) is 4.74 Å². The molecule has 11 nitrogen and oxygen atoms in total. The smallest absolute Gasteiger partial charge is 0.263 e. The number of carbonyl (C=O) groups excluding carboxylic acids is 1. The molecule has 2 fully saturated rings. The van der Waals surface area contributed by atoms with E-state index in [9.17, 15) is 9.90 Å². The Hall–Kier alpha value is -3.31.